The summed E-state index contributed by atoms with van der Waals surface area (Å²) < 4.78 is 2.23. The summed E-state index contributed by atoms with van der Waals surface area (Å²) in [6.07, 6.45) is 3.93. The SMILES string of the molecule is CC(N)C(c1cccs1)N1CCn2ccnc2C1. The average molecular weight is 262 g/mol. The molecule has 0 spiro atoms. The third-order valence-corrected chi connectivity index (χ3v) is 4.44. The van der Waals surface area contributed by atoms with Crippen LogP contribution >= 0.6 is 11.3 Å². The van der Waals surface area contributed by atoms with Gasteiger partial charge in [-0.3, -0.25) is 4.90 Å². The van der Waals surface area contributed by atoms with E-state index in [-0.39, 0.29) is 6.04 Å². The Balaban J connectivity index is 1.85. The third-order valence-electron chi connectivity index (χ3n) is 3.50. The fraction of sp³-hybridized carbons (Fsp3) is 0.462. The number of imidazole rings is 1. The molecule has 0 bridgehead atoms. The first-order valence-electron chi connectivity index (χ1n) is 6.29. The maximum Gasteiger partial charge on any atom is 0.122 e. The Hall–Kier alpha value is -1.17. The fourth-order valence-electron chi connectivity index (χ4n) is 2.66. The van der Waals surface area contributed by atoms with E-state index in [1.165, 1.54) is 4.88 Å². The van der Waals surface area contributed by atoms with Gasteiger partial charge < -0.3 is 10.3 Å². The van der Waals surface area contributed by atoms with Gasteiger partial charge in [-0.25, -0.2) is 4.98 Å². The molecule has 2 aromatic heterocycles. The Bertz CT molecular complexity index is 503. The highest BCUT2D eigenvalue weighted by Gasteiger charge is 2.28. The first kappa shape index (κ1) is 11.9. The Kier molecular flexibility index (Phi) is 3.20. The molecular formula is C13H18N4S. The van der Waals surface area contributed by atoms with Crippen molar-refractivity contribution in [1.82, 2.24) is 14.5 Å². The highest BCUT2D eigenvalue weighted by atomic mass is 32.1. The smallest absolute Gasteiger partial charge is 0.122 e. The predicted octanol–water partition coefficient (Wildman–Crippen LogP) is 1.85. The van der Waals surface area contributed by atoms with Crippen LogP contribution in [0.1, 0.15) is 23.7 Å². The van der Waals surface area contributed by atoms with E-state index >= 15 is 0 Å². The van der Waals surface area contributed by atoms with E-state index in [1.54, 1.807) is 11.3 Å². The van der Waals surface area contributed by atoms with Crippen LogP contribution in [0.15, 0.2) is 29.9 Å². The summed E-state index contributed by atoms with van der Waals surface area (Å²) in [5, 5.41) is 2.12. The molecule has 1 aliphatic rings. The van der Waals surface area contributed by atoms with E-state index < -0.39 is 0 Å². The second-order valence-corrected chi connectivity index (χ2v) is 5.81. The number of hydrogen-bond donors (Lipinski definition) is 1. The topological polar surface area (TPSA) is 47.1 Å². The zero-order valence-corrected chi connectivity index (χ0v) is 11.3. The van der Waals surface area contributed by atoms with Crippen LogP contribution in [0.25, 0.3) is 0 Å². The summed E-state index contributed by atoms with van der Waals surface area (Å²) in [5.41, 5.74) is 6.19. The van der Waals surface area contributed by atoms with Crippen molar-refractivity contribution in [1.29, 1.82) is 0 Å². The second kappa shape index (κ2) is 4.84. The van der Waals surface area contributed by atoms with Gasteiger partial charge in [0.15, 0.2) is 0 Å². The highest BCUT2D eigenvalue weighted by molar-refractivity contribution is 7.10. The number of aromatic nitrogens is 2. The molecule has 0 fully saturated rings. The van der Waals surface area contributed by atoms with Gasteiger partial charge in [-0.2, -0.15) is 0 Å². The summed E-state index contributed by atoms with van der Waals surface area (Å²) in [6, 6.07) is 4.71. The standard InChI is InChI=1S/C13H18N4S/c1-10(14)13(11-3-2-8-18-11)17-7-6-16-5-4-15-12(16)9-17/h2-5,8,10,13H,6-7,9,14H2,1H3. The van der Waals surface area contributed by atoms with Crippen LogP contribution in [0.2, 0.25) is 0 Å². The van der Waals surface area contributed by atoms with E-state index in [1.807, 2.05) is 6.20 Å². The quantitative estimate of drug-likeness (QED) is 0.918. The Morgan fingerprint density at radius 2 is 2.33 bits per heavy atom. The number of fused-ring (bicyclic) bond motifs is 1. The van der Waals surface area contributed by atoms with Crippen LogP contribution < -0.4 is 5.73 Å². The van der Waals surface area contributed by atoms with Crippen molar-refractivity contribution in [2.45, 2.75) is 32.1 Å². The maximum absolute atomic E-state index is 6.19. The first-order valence-corrected chi connectivity index (χ1v) is 7.16. The normalized spacial score (nSPS) is 19.4. The fourth-order valence-corrected chi connectivity index (χ4v) is 3.64. The molecule has 0 amide bonds. The van der Waals surface area contributed by atoms with Gasteiger partial charge >= 0.3 is 0 Å². The Morgan fingerprint density at radius 3 is 3.06 bits per heavy atom. The molecule has 0 aliphatic carbocycles. The Morgan fingerprint density at radius 1 is 1.44 bits per heavy atom. The lowest BCUT2D eigenvalue weighted by atomic mass is 10.1. The molecule has 18 heavy (non-hydrogen) atoms. The minimum Gasteiger partial charge on any atom is -0.333 e. The molecule has 96 valence electrons. The second-order valence-electron chi connectivity index (χ2n) is 4.83. The van der Waals surface area contributed by atoms with Crippen molar-refractivity contribution in [3.8, 4) is 0 Å². The lowest BCUT2D eigenvalue weighted by Gasteiger charge is -2.36. The lowest BCUT2D eigenvalue weighted by Crippen LogP contribution is -2.43. The van der Waals surface area contributed by atoms with Crippen LogP contribution in [0, 0.1) is 0 Å². The number of nitrogens with zero attached hydrogens (tertiary/aromatic N) is 3. The third kappa shape index (κ3) is 2.09. The van der Waals surface area contributed by atoms with Crippen molar-refractivity contribution in [2.24, 2.45) is 5.73 Å². The molecule has 2 unspecified atom stereocenters. The molecule has 2 aromatic rings. The van der Waals surface area contributed by atoms with E-state index in [0.717, 1.165) is 25.5 Å². The van der Waals surface area contributed by atoms with Crippen LogP contribution in [0.5, 0.6) is 0 Å². The summed E-state index contributed by atoms with van der Waals surface area (Å²) in [7, 11) is 0. The lowest BCUT2D eigenvalue weighted by molar-refractivity contribution is 0.138. The zero-order chi connectivity index (χ0) is 12.5. The van der Waals surface area contributed by atoms with Crippen LogP contribution in [0.4, 0.5) is 0 Å². The molecule has 2 atom stereocenters. The maximum atomic E-state index is 6.19. The average Bonchev–Trinajstić information content (AvgIpc) is 2.98. The minimum absolute atomic E-state index is 0.130. The monoisotopic (exact) mass is 262 g/mol. The van der Waals surface area contributed by atoms with Crippen molar-refractivity contribution in [3.05, 3.63) is 40.6 Å². The van der Waals surface area contributed by atoms with Gasteiger partial charge in [0.05, 0.1) is 12.6 Å². The molecule has 0 aromatic carbocycles. The van der Waals surface area contributed by atoms with Crippen LogP contribution in [-0.4, -0.2) is 27.0 Å². The van der Waals surface area contributed by atoms with E-state index in [0.29, 0.717) is 6.04 Å². The largest absolute Gasteiger partial charge is 0.333 e. The van der Waals surface area contributed by atoms with Crippen LogP contribution in [-0.2, 0) is 13.1 Å². The number of nitrogens with two attached hydrogens (primary N) is 1. The predicted molar refractivity (Wildman–Crippen MR) is 73.3 cm³/mol. The van der Waals surface area contributed by atoms with Gasteiger partial charge in [-0.1, -0.05) is 6.07 Å². The van der Waals surface area contributed by atoms with Gasteiger partial charge in [0.1, 0.15) is 5.82 Å². The molecule has 0 saturated carbocycles. The minimum atomic E-state index is 0.130. The zero-order valence-electron chi connectivity index (χ0n) is 10.5. The Labute approximate surface area is 111 Å². The molecule has 0 saturated heterocycles. The number of hydrogen-bond acceptors (Lipinski definition) is 4. The van der Waals surface area contributed by atoms with E-state index in [4.69, 9.17) is 5.73 Å². The van der Waals surface area contributed by atoms with E-state index in [2.05, 4.69) is 45.1 Å². The first-order chi connectivity index (χ1) is 8.75. The molecular weight excluding hydrogens is 244 g/mol. The summed E-state index contributed by atoms with van der Waals surface area (Å²) in [6.45, 7) is 5.01. The van der Waals surface area contributed by atoms with Crippen LogP contribution in [0.3, 0.4) is 0 Å². The van der Waals surface area contributed by atoms with Gasteiger partial charge in [-0.05, 0) is 18.4 Å². The summed E-state index contributed by atoms with van der Waals surface area (Å²) in [4.78, 5) is 8.21. The van der Waals surface area contributed by atoms with Crippen molar-refractivity contribution >= 4 is 11.3 Å². The molecule has 0 radical (unpaired) electrons. The molecule has 3 heterocycles. The van der Waals surface area contributed by atoms with Crippen molar-refractivity contribution in [2.75, 3.05) is 6.54 Å². The molecule has 2 N–H and O–H groups in total. The molecule has 5 heteroatoms. The van der Waals surface area contributed by atoms with Gasteiger partial charge in [-0.15, -0.1) is 11.3 Å². The number of thiophene rings is 1. The van der Waals surface area contributed by atoms with Gasteiger partial charge in [0, 0.05) is 36.4 Å². The van der Waals surface area contributed by atoms with Crippen molar-refractivity contribution in [3.63, 3.8) is 0 Å². The molecule has 1 aliphatic heterocycles. The highest BCUT2D eigenvalue weighted by Crippen LogP contribution is 2.30. The number of rotatable bonds is 3. The van der Waals surface area contributed by atoms with Gasteiger partial charge in [0.2, 0.25) is 0 Å². The summed E-state index contributed by atoms with van der Waals surface area (Å²) >= 11 is 1.79. The van der Waals surface area contributed by atoms with Gasteiger partial charge in [0.25, 0.3) is 0 Å². The van der Waals surface area contributed by atoms with Crippen molar-refractivity contribution < 1.29 is 0 Å². The van der Waals surface area contributed by atoms with E-state index in [9.17, 15) is 0 Å². The molecule has 4 nitrogen and oxygen atoms in total. The molecule has 3 rings (SSSR count). The summed E-state index contributed by atoms with van der Waals surface area (Å²) in [5.74, 6) is 1.14.